The lowest BCUT2D eigenvalue weighted by molar-refractivity contribution is -0.161. The molecule has 2 aromatic rings. The normalized spacial score (nSPS) is 16.2. The number of likely N-dealkylation sites (tertiary alicyclic amines) is 1. The second kappa shape index (κ2) is 12.5. The average Bonchev–Trinajstić information content (AvgIpc) is 2.89. The van der Waals surface area contributed by atoms with E-state index in [0.717, 1.165) is 11.1 Å². The van der Waals surface area contributed by atoms with Gasteiger partial charge in [-0.05, 0) is 11.1 Å². The third-order valence-corrected chi connectivity index (χ3v) is 5.92. The zero-order valence-electron chi connectivity index (χ0n) is 20.1. The minimum Gasteiger partial charge on any atom is -0.468 e. The van der Waals surface area contributed by atoms with Crippen LogP contribution in [0.15, 0.2) is 60.7 Å². The highest BCUT2D eigenvalue weighted by Gasteiger charge is 2.48. The van der Waals surface area contributed by atoms with Crippen LogP contribution in [0.2, 0.25) is 0 Å². The molecule has 0 aromatic heterocycles. The number of rotatable bonds is 11. The third-order valence-electron chi connectivity index (χ3n) is 5.92. The fourth-order valence-corrected chi connectivity index (χ4v) is 4.00. The van der Waals surface area contributed by atoms with Crippen molar-refractivity contribution in [1.29, 1.82) is 0 Å². The van der Waals surface area contributed by atoms with Crippen LogP contribution in [-0.4, -0.2) is 73.4 Å². The van der Waals surface area contributed by atoms with E-state index >= 15 is 0 Å². The van der Waals surface area contributed by atoms with Gasteiger partial charge in [0.2, 0.25) is 17.7 Å². The molecule has 0 bridgehead atoms. The SMILES string of the molecule is COC(=O)CNC(=O)[C@H](Cc1ccccc1)N1C(=O)C[C@H]1C(=O)N[C@@H](Cc1ccccc1)C(=O)OC. The summed E-state index contributed by atoms with van der Waals surface area (Å²) in [5.41, 5.74) is 1.59. The minimum absolute atomic E-state index is 0.110. The van der Waals surface area contributed by atoms with E-state index in [4.69, 9.17) is 4.74 Å². The number of carbonyl (C=O) groups excluding carboxylic acids is 5. The summed E-state index contributed by atoms with van der Waals surface area (Å²) in [5, 5.41) is 5.14. The monoisotopic (exact) mass is 495 g/mol. The maximum absolute atomic E-state index is 13.2. The molecular formula is C26H29N3O7. The highest BCUT2D eigenvalue weighted by atomic mass is 16.5. The average molecular weight is 496 g/mol. The van der Waals surface area contributed by atoms with Crippen LogP contribution in [0, 0.1) is 0 Å². The minimum atomic E-state index is -1.04. The number of nitrogens with zero attached hydrogens (tertiary/aromatic N) is 1. The van der Waals surface area contributed by atoms with Crippen LogP contribution in [0.1, 0.15) is 17.5 Å². The van der Waals surface area contributed by atoms with Crippen molar-refractivity contribution in [2.24, 2.45) is 0 Å². The van der Waals surface area contributed by atoms with E-state index in [1.807, 2.05) is 36.4 Å². The summed E-state index contributed by atoms with van der Waals surface area (Å²) >= 11 is 0. The molecule has 36 heavy (non-hydrogen) atoms. The lowest BCUT2D eigenvalue weighted by atomic mass is 9.93. The third kappa shape index (κ3) is 6.68. The molecule has 1 aliphatic heterocycles. The molecule has 0 radical (unpaired) electrons. The summed E-state index contributed by atoms with van der Waals surface area (Å²) < 4.78 is 9.42. The number of nitrogens with one attached hydrogen (secondary N) is 2. The fourth-order valence-electron chi connectivity index (χ4n) is 4.00. The Kier molecular flexibility index (Phi) is 9.15. The molecule has 0 unspecified atom stereocenters. The van der Waals surface area contributed by atoms with Crippen molar-refractivity contribution in [2.75, 3.05) is 20.8 Å². The molecule has 0 aliphatic carbocycles. The summed E-state index contributed by atoms with van der Waals surface area (Å²) in [6.07, 6.45) is 0.224. The van der Waals surface area contributed by atoms with Crippen molar-refractivity contribution in [2.45, 2.75) is 37.4 Å². The molecule has 10 nitrogen and oxygen atoms in total. The Morgan fingerprint density at radius 2 is 1.50 bits per heavy atom. The number of amides is 3. The van der Waals surface area contributed by atoms with Gasteiger partial charge in [-0.2, -0.15) is 0 Å². The number of hydrogen-bond donors (Lipinski definition) is 2. The Morgan fingerprint density at radius 1 is 0.917 bits per heavy atom. The molecule has 1 fully saturated rings. The standard InChI is InChI=1S/C26H29N3O7/c1-35-23(31)16-27-24(32)20(14-18-11-7-4-8-12-18)29-21(15-22(29)30)25(33)28-19(26(34)36-2)13-17-9-5-3-6-10-17/h3-12,19-21H,13-16H2,1-2H3,(H,27,32)(H,28,33)/t19-,20-,21-/m0/s1. The van der Waals surface area contributed by atoms with E-state index in [0.29, 0.717) is 0 Å². The van der Waals surface area contributed by atoms with Gasteiger partial charge in [0.25, 0.3) is 0 Å². The van der Waals surface area contributed by atoms with Gasteiger partial charge < -0.3 is 25.0 Å². The lowest BCUT2D eigenvalue weighted by Crippen LogP contribution is -2.67. The van der Waals surface area contributed by atoms with E-state index in [-0.39, 0.29) is 31.7 Å². The van der Waals surface area contributed by atoms with Gasteiger partial charge in [0.1, 0.15) is 24.7 Å². The van der Waals surface area contributed by atoms with Crippen molar-refractivity contribution < 1.29 is 33.4 Å². The van der Waals surface area contributed by atoms with Crippen LogP contribution >= 0.6 is 0 Å². The molecule has 10 heteroatoms. The smallest absolute Gasteiger partial charge is 0.328 e. The molecular weight excluding hydrogens is 466 g/mol. The molecule has 2 aromatic carbocycles. The van der Waals surface area contributed by atoms with E-state index in [9.17, 15) is 24.0 Å². The zero-order valence-corrected chi connectivity index (χ0v) is 20.1. The Hall–Kier alpha value is -4.21. The molecule has 0 spiro atoms. The Balaban J connectivity index is 1.78. The van der Waals surface area contributed by atoms with E-state index in [1.54, 1.807) is 24.3 Å². The van der Waals surface area contributed by atoms with Crippen LogP contribution < -0.4 is 10.6 Å². The maximum atomic E-state index is 13.2. The molecule has 2 N–H and O–H groups in total. The van der Waals surface area contributed by atoms with Gasteiger partial charge in [-0.1, -0.05) is 60.7 Å². The predicted octanol–water partition coefficient (Wildman–Crippen LogP) is 0.388. The first-order valence-electron chi connectivity index (χ1n) is 11.5. The van der Waals surface area contributed by atoms with Crippen molar-refractivity contribution >= 4 is 29.7 Å². The maximum Gasteiger partial charge on any atom is 0.328 e. The van der Waals surface area contributed by atoms with Crippen LogP contribution in [0.3, 0.4) is 0 Å². The van der Waals surface area contributed by atoms with Gasteiger partial charge >= 0.3 is 11.9 Å². The Morgan fingerprint density at radius 3 is 2.03 bits per heavy atom. The fraction of sp³-hybridized carbons (Fsp3) is 0.346. The molecule has 190 valence electrons. The summed E-state index contributed by atoms with van der Waals surface area (Å²) in [6.45, 7) is -0.374. The van der Waals surface area contributed by atoms with Crippen molar-refractivity contribution in [3.63, 3.8) is 0 Å². The molecule has 1 heterocycles. The number of benzene rings is 2. The Bertz CT molecular complexity index is 1090. The van der Waals surface area contributed by atoms with E-state index in [1.165, 1.54) is 19.1 Å². The molecule has 1 saturated heterocycles. The van der Waals surface area contributed by atoms with Crippen molar-refractivity contribution in [3.8, 4) is 0 Å². The van der Waals surface area contributed by atoms with Crippen molar-refractivity contribution in [1.82, 2.24) is 15.5 Å². The van der Waals surface area contributed by atoms with Crippen molar-refractivity contribution in [3.05, 3.63) is 71.8 Å². The van der Waals surface area contributed by atoms with Gasteiger partial charge in [0, 0.05) is 12.8 Å². The summed E-state index contributed by atoms with van der Waals surface area (Å²) in [4.78, 5) is 63.9. The summed E-state index contributed by atoms with van der Waals surface area (Å²) in [7, 11) is 2.43. The second-order valence-corrected chi connectivity index (χ2v) is 8.29. The molecule has 3 atom stereocenters. The highest BCUT2D eigenvalue weighted by molar-refractivity contribution is 6.01. The van der Waals surface area contributed by atoms with Gasteiger partial charge in [0.15, 0.2) is 0 Å². The second-order valence-electron chi connectivity index (χ2n) is 8.29. The topological polar surface area (TPSA) is 131 Å². The van der Waals surface area contributed by atoms with Gasteiger partial charge in [-0.15, -0.1) is 0 Å². The lowest BCUT2D eigenvalue weighted by Gasteiger charge is -2.44. The van der Waals surface area contributed by atoms with Crippen LogP contribution in [0.25, 0.3) is 0 Å². The quantitative estimate of drug-likeness (QED) is 0.341. The summed E-state index contributed by atoms with van der Waals surface area (Å²) in [5.74, 6) is -2.82. The summed E-state index contributed by atoms with van der Waals surface area (Å²) in [6, 6.07) is 15.2. The first-order chi connectivity index (χ1) is 17.3. The number of esters is 2. The van der Waals surface area contributed by atoms with Crippen LogP contribution in [-0.2, 0) is 46.3 Å². The first kappa shape index (κ1) is 26.4. The number of carbonyl (C=O) groups is 5. The molecule has 3 amide bonds. The number of β-lactam (4-membered cyclic amide) rings is 1. The molecule has 0 saturated carbocycles. The zero-order chi connectivity index (χ0) is 26.1. The van der Waals surface area contributed by atoms with Crippen LogP contribution in [0.4, 0.5) is 0 Å². The van der Waals surface area contributed by atoms with Gasteiger partial charge in [-0.3, -0.25) is 19.2 Å². The first-order valence-corrected chi connectivity index (χ1v) is 11.5. The predicted molar refractivity (Wildman–Crippen MR) is 128 cm³/mol. The van der Waals surface area contributed by atoms with E-state index < -0.39 is 41.9 Å². The number of hydrogen-bond acceptors (Lipinski definition) is 7. The molecule has 3 rings (SSSR count). The highest BCUT2D eigenvalue weighted by Crippen LogP contribution is 2.25. The van der Waals surface area contributed by atoms with Crippen LogP contribution in [0.5, 0.6) is 0 Å². The van der Waals surface area contributed by atoms with Gasteiger partial charge in [0.05, 0.1) is 20.6 Å². The number of ether oxygens (including phenoxy) is 2. The van der Waals surface area contributed by atoms with E-state index in [2.05, 4.69) is 15.4 Å². The Labute approximate surface area is 208 Å². The largest absolute Gasteiger partial charge is 0.468 e. The van der Waals surface area contributed by atoms with Gasteiger partial charge in [-0.25, -0.2) is 4.79 Å². The molecule has 1 aliphatic rings. The number of methoxy groups -OCH3 is 2.